The van der Waals surface area contributed by atoms with Crippen molar-refractivity contribution in [3.05, 3.63) is 59.9 Å². The standard InChI is InChI=1S/C28H33N3O9S/c1-27(2,3)17-10-12-21(13-11-17)41(34,35)31-23-22(39-19-9-7-8-18(14-19)36-6)25(30-24(29-23)26(32)33)37-15-20-16-38-28(4,5)40-20/h7-14,20H,15-16H2,1-6H3,(H,32,33)(H,29,30,31). The molecule has 0 amide bonds. The van der Waals surface area contributed by atoms with Gasteiger partial charge in [-0.25, -0.2) is 13.2 Å². The van der Waals surface area contributed by atoms with Gasteiger partial charge < -0.3 is 28.8 Å². The molecule has 2 aromatic carbocycles. The highest BCUT2D eigenvalue weighted by Crippen LogP contribution is 2.39. The smallest absolute Gasteiger partial charge is 0.374 e. The molecule has 0 aliphatic carbocycles. The van der Waals surface area contributed by atoms with Gasteiger partial charge in [-0.3, -0.25) is 4.72 Å². The molecule has 4 rings (SSSR count). The summed E-state index contributed by atoms with van der Waals surface area (Å²) < 4.78 is 57.6. The van der Waals surface area contributed by atoms with Crippen molar-refractivity contribution in [3.63, 3.8) is 0 Å². The summed E-state index contributed by atoms with van der Waals surface area (Å²) in [4.78, 5) is 19.8. The molecule has 1 saturated heterocycles. The van der Waals surface area contributed by atoms with Crippen LogP contribution in [-0.4, -0.2) is 61.7 Å². The first-order chi connectivity index (χ1) is 19.2. The van der Waals surface area contributed by atoms with E-state index in [0.29, 0.717) is 5.75 Å². The van der Waals surface area contributed by atoms with Crippen molar-refractivity contribution in [1.29, 1.82) is 0 Å². The predicted octanol–water partition coefficient (Wildman–Crippen LogP) is 4.60. The van der Waals surface area contributed by atoms with Crippen LogP contribution in [0.3, 0.4) is 0 Å². The second kappa shape index (κ2) is 11.5. The lowest BCUT2D eigenvalue weighted by molar-refractivity contribution is -0.141. The molecule has 1 atom stereocenters. The summed E-state index contributed by atoms with van der Waals surface area (Å²) >= 11 is 0. The molecule has 13 heteroatoms. The molecule has 220 valence electrons. The topological polar surface area (TPSA) is 155 Å². The summed E-state index contributed by atoms with van der Waals surface area (Å²) in [6, 6.07) is 12.8. The Morgan fingerprint density at radius 3 is 2.39 bits per heavy atom. The largest absolute Gasteiger partial charge is 0.497 e. The Bertz CT molecular complexity index is 1520. The first kappa shape index (κ1) is 30.0. The Balaban J connectivity index is 1.76. The Kier molecular flexibility index (Phi) is 8.43. The number of carboxylic acids is 1. The van der Waals surface area contributed by atoms with Crippen LogP contribution in [0.4, 0.5) is 5.82 Å². The summed E-state index contributed by atoms with van der Waals surface area (Å²) in [5, 5.41) is 9.69. The molecule has 1 aliphatic rings. The monoisotopic (exact) mass is 587 g/mol. The zero-order valence-electron chi connectivity index (χ0n) is 23.6. The predicted molar refractivity (Wildman–Crippen MR) is 148 cm³/mol. The van der Waals surface area contributed by atoms with Gasteiger partial charge in [0.05, 0.1) is 18.6 Å². The second-order valence-corrected chi connectivity index (χ2v) is 12.4. The fraction of sp³-hybridized carbons (Fsp3) is 0.393. The molecule has 0 radical (unpaired) electrons. The molecule has 41 heavy (non-hydrogen) atoms. The van der Waals surface area contributed by atoms with Gasteiger partial charge >= 0.3 is 5.97 Å². The quantitative estimate of drug-likeness (QED) is 0.342. The number of anilines is 1. The second-order valence-electron chi connectivity index (χ2n) is 10.8. The van der Waals surface area contributed by atoms with Gasteiger partial charge in [0.15, 0.2) is 11.6 Å². The number of hydrogen-bond donors (Lipinski definition) is 2. The number of carboxylic acid groups (broad SMARTS) is 1. The van der Waals surface area contributed by atoms with E-state index in [1.807, 2.05) is 20.8 Å². The molecular weight excluding hydrogens is 554 g/mol. The van der Waals surface area contributed by atoms with E-state index in [9.17, 15) is 18.3 Å². The molecule has 1 aromatic heterocycles. The summed E-state index contributed by atoms with van der Waals surface area (Å²) in [6.07, 6.45) is -0.501. The van der Waals surface area contributed by atoms with Crippen molar-refractivity contribution in [3.8, 4) is 23.1 Å². The van der Waals surface area contributed by atoms with Crippen LogP contribution in [0, 0.1) is 0 Å². The maximum Gasteiger partial charge on any atom is 0.374 e. The molecule has 1 aliphatic heterocycles. The molecule has 1 unspecified atom stereocenters. The van der Waals surface area contributed by atoms with Gasteiger partial charge in [0.1, 0.15) is 24.2 Å². The number of rotatable bonds is 10. The molecule has 0 spiro atoms. The number of hydrogen-bond acceptors (Lipinski definition) is 10. The number of nitrogens with one attached hydrogen (secondary N) is 1. The van der Waals surface area contributed by atoms with Gasteiger partial charge in [0.2, 0.25) is 11.6 Å². The molecule has 0 bridgehead atoms. The molecule has 3 aromatic rings. The van der Waals surface area contributed by atoms with Crippen molar-refractivity contribution in [1.82, 2.24) is 9.97 Å². The van der Waals surface area contributed by atoms with E-state index in [1.54, 1.807) is 50.2 Å². The average Bonchev–Trinajstić information content (AvgIpc) is 3.26. The Morgan fingerprint density at radius 2 is 1.80 bits per heavy atom. The lowest BCUT2D eigenvalue weighted by Gasteiger charge is -2.20. The number of aromatic nitrogens is 2. The maximum absolute atomic E-state index is 13.4. The summed E-state index contributed by atoms with van der Waals surface area (Å²) in [7, 11) is -2.77. The summed E-state index contributed by atoms with van der Waals surface area (Å²) in [6.45, 7) is 9.66. The van der Waals surface area contributed by atoms with Crippen molar-refractivity contribution in [2.75, 3.05) is 25.0 Å². The minimum atomic E-state index is -4.25. The van der Waals surface area contributed by atoms with Crippen LogP contribution in [0.25, 0.3) is 0 Å². The number of nitrogens with zero attached hydrogens (tertiary/aromatic N) is 2. The minimum absolute atomic E-state index is 0.0606. The maximum atomic E-state index is 13.4. The number of benzene rings is 2. The molecule has 2 N–H and O–H groups in total. The normalized spacial score (nSPS) is 16.7. The van der Waals surface area contributed by atoms with E-state index >= 15 is 0 Å². The zero-order chi connectivity index (χ0) is 30.0. The lowest BCUT2D eigenvalue weighted by atomic mass is 9.87. The number of carbonyl (C=O) groups is 1. The lowest BCUT2D eigenvalue weighted by Crippen LogP contribution is -2.25. The van der Waals surface area contributed by atoms with E-state index in [2.05, 4.69) is 14.7 Å². The number of sulfonamides is 1. The van der Waals surface area contributed by atoms with Crippen LogP contribution in [0.2, 0.25) is 0 Å². The molecule has 0 saturated carbocycles. The van der Waals surface area contributed by atoms with Gasteiger partial charge in [-0.15, -0.1) is 0 Å². The van der Waals surface area contributed by atoms with E-state index in [0.717, 1.165) is 5.56 Å². The Hall–Kier alpha value is -3.94. The van der Waals surface area contributed by atoms with Crippen LogP contribution in [0.1, 0.15) is 50.8 Å². The van der Waals surface area contributed by atoms with Crippen LogP contribution in [0.5, 0.6) is 23.1 Å². The van der Waals surface area contributed by atoms with E-state index < -0.39 is 39.5 Å². The Morgan fingerprint density at radius 1 is 1.12 bits per heavy atom. The molecule has 2 heterocycles. The van der Waals surface area contributed by atoms with Crippen molar-refractivity contribution < 1.29 is 42.0 Å². The molecular formula is C28H33N3O9S. The van der Waals surface area contributed by atoms with Crippen molar-refractivity contribution >= 4 is 21.8 Å². The number of ether oxygens (including phenoxy) is 5. The van der Waals surface area contributed by atoms with Crippen molar-refractivity contribution in [2.45, 2.75) is 56.8 Å². The average molecular weight is 588 g/mol. The van der Waals surface area contributed by atoms with Crippen LogP contribution < -0.4 is 18.9 Å². The highest BCUT2D eigenvalue weighted by molar-refractivity contribution is 7.92. The van der Waals surface area contributed by atoms with Crippen LogP contribution in [0.15, 0.2) is 53.4 Å². The minimum Gasteiger partial charge on any atom is -0.497 e. The highest BCUT2D eigenvalue weighted by atomic mass is 32.2. The van der Waals surface area contributed by atoms with Gasteiger partial charge in [-0.05, 0) is 49.1 Å². The number of aromatic carboxylic acids is 1. The summed E-state index contributed by atoms with van der Waals surface area (Å²) in [5.74, 6) is -3.33. The van der Waals surface area contributed by atoms with E-state index in [1.165, 1.54) is 19.2 Å². The van der Waals surface area contributed by atoms with Gasteiger partial charge in [0, 0.05) is 6.07 Å². The van der Waals surface area contributed by atoms with E-state index in [4.69, 9.17) is 23.7 Å². The van der Waals surface area contributed by atoms with E-state index in [-0.39, 0.29) is 40.9 Å². The first-order valence-electron chi connectivity index (χ1n) is 12.7. The van der Waals surface area contributed by atoms with Gasteiger partial charge in [-0.2, -0.15) is 9.97 Å². The Labute approximate surface area is 238 Å². The third kappa shape index (κ3) is 7.43. The third-order valence-electron chi connectivity index (χ3n) is 6.02. The summed E-state index contributed by atoms with van der Waals surface area (Å²) in [5.41, 5.74) is 0.747. The van der Waals surface area contributed by atoms with Gasteiger partial charge in [-0.1, -0.05) is 39.0 Å². The van der Waals surface area contributed by atoms with Gasteiger partial charge in [0.25, 0.3) is 15.9 Å². The third-order valence-corrected chi connectivity index (χ3v) is 7.38. The van der Waals surface area contributed by atoms with Crippen molar-refractivity contribution in [2.24, 2.45) is 0 Å². The SMILES string of the molecule is COc1cccc(Oc2c(NS(=O)(=O)c3ccc(C(C)(C)C)cc3)nc(C(=O)O)nc2OCC2COC(C)(C)O2)c1. The molecule has 1 fully saturated rings. The fourth-order valence-corrected chi connectivity index (χ4v) is 4.91. The molecule has 12 nitrogen and oxygen atoms in total. The van der Waals surface area contributed by atoms with Crippen LogP contribution in [-0.2, 0) is 24.9 Å². The first-order valence-corrected chi connectivity index (χ1v) is 14.2. The highest BCUT2D eigenvalue weighted by Gasteiger charge is 2.34. The fourth-order valence-electron chi connectivity index (χ4n) is 3.90. The zero-order valence-corrected chi connectivity index (χ0v) is 24.4. The van der Waals surface area contributed by atoms with Crippen LogP contribution >= 0.6 is 0 Å². The number of methoxy groups -OCH3 is 1.